The predicted octanol–water partition coefficient (Wildman–Crippen LogP) is 2.37. The molecule has 0 bridgehead atoms. The molecule has 0 amide bonds. The fourth-order valence-electron chi connectivity index (χ4n) is 0. The van der Waals surface area contributed by atoms with Crippen molar-refractivity contribution in [3.8, 4) is 0 Å². The molecule has 0 unspecified atom stereocenters. The summed E-state index contributed by atoms with van der Waals surface area (Å²) < 4.78 is 0. The molecule has 0 spiro atoms. The summed E-state index contributed by atoms with van der Waals surface area (Å²) in [5, 5.41) is 0. The van der Waals surface area contributed by atoms with Gasteiger partial charge in [-0.2, -0.15) is 0 Å². The van der Waals surface area contributed by atoms with E-state index in [1.165, 1.54) is 0 Å². The molecular formula is Cl4KTi. The Morgan fingerprint density at radius 1 is 0.833 bits per heavy atom. The third kappa shape index (κ3) is 25.8. The van der Waals surface area contributed by atoms with Gasteiger partial charge >= 0.3 is 49.6 Å². The Morgan fingerprint density at radius 2 is 0.833 bits per heavy atom. The second-order valence-electron chi connectivity index (χ2n) is 0.429. The van der Waals surface area contributed by atoms with Gasteiger partial charge in [0.05, 0.1) is 0 Å². The quantitative estimate of drug-likeness (QED) is 0.559. The summed E-state index contributed by atoms with van der Waals surface area (Å²) in [4.78, 5) is 0. The van der Waals surface area contributed by atoms with Crippen LogP contribution in [0.3, 0.4) is 0 Å². The fourth-order valence-corrected chi connectivity index (χ4v) is 0. The molecule has 0 rings (SSSR count). The van der Waals surface area contributed by atoms with E-state index in [-0.39, 0.29) is 51.4 Å². The van der Waals surface area contributed by atoms with Crippen molar-refractivity contribution in [1.82, 2.24) is 0 Å². The van der Waals surface area contributed by atoms with Crippen LogP contribution in [0.4, 0.5) is 0 Å². The summed E-state index contributed by atoms with van der Waals surface area (Å²) in [6, 6.07) is 0. The molecule has 1 radical (unpaired) electrons. The van der Waals surface area contributed by atoms with Crippen LogP contribution in [-0.2, 0) is 12.3 Å². The van der Waals surface area contributed by atoms with Crippen molar-refractivity contribution in [3.63, 3.8) is 0 Å². The molecule has 0 aliphatic rings. The average Bonchev–Trinajstić information content (AvgIpc) is 0.722. The number of hydrogen-bond acceptors (Lipinski definition) is 0. The van der Waals surface area contributed by atoms with Crippen LogP contribution in [0.25, 0.3) is 0 Å². The molecule has 0 saturated heterocycles. The van der Waals surface area contributed by atoms with E-state index in [0.717, 1.165) is 0 Å². The molecule has 0 aliphatic heterocycles. The second kappa shape index (κ2) is 5.31. The van der Waals surface area contributed by atoms with E-state index in [0.29, 0.717) is 0 Å². The first-order valence-corrected chi connectivity index (χ1v) is 9.35. The molecule has 0 aromatic heterocycles. The van der Waals surface area contributed by atoms with Crippen LogP contribution in [0.2, 0.25) is 0 Å². The third-order valence-corrected chi connectivity index (χ3v) is 0. The van der Waals surface area contributed by atoms with Gasteiger partial charge in [-0.15, -0.1) is 0 Å². The van der Waals surface area contributed by atoms with E-state index in [1.807, 2.05) is 0 Å². The summed E-state index contributed by atoms with van der Waals surface area (Å²) in [7, 11) is 20.1. The Hall–Kier alpha value is 3.51. The second-order valence-corrected chi connectivity index (χ2v) is 15.9. The molecule has 0 aliphatic carbocycles. The van der Waals surface area contributed by atoms with Gasteiger partial charge in [-0.05, 0) is 0 Å². The maximum absolute atomic E-state index is 5.01. The fraction of sp³-hybridized carbons (Fsp3) is 0. The molecule has 0 fully saturated rings. The van der Waals surface area contributed by atoms with Gasteiger partial charge in [0.25, 0.3) is 0 Å². The largest absolute Gasteiger partial charge is 0 e. The van der Waals surface area contributed by atoms with Crippen LogP contribution in [0, 0.1) is 0 Å². The zero-order valence-corrected chi connectivity index (χ0v) is 10.7. The Morgan fingerprint density at radius 3 is 0.833 bits per heavy atom. The molecule has 33 valence electrons. The first kappa shape index (κ1) is 12.2. The Bertz CT molecular complexity index is 23.0. The van der Waals surface area contributed by atoms with Crippen LogP contribution in [0.15, 0.2) is 0 Å². The summed E-state index contributed by atoms with van der Waals surface area (Å²) >= 11 is -3.11. The van der Waals surface area contributed by atoms with Gasteiger partial charge in [-0.1, -0.05) is 0 Å². The Labute approximate surface area is 98.1 Å². The molecule has 0 N–H and O–H groups in total. The molecule has 0 heterocycles. The Balaban J connectivity index is 0. The minimum Gasteiger partial charge on any atom is 0 e. The van der Waals surface area contributed by atoms with Gasteiger partial charge in [0.15, 0.2) is 0 Å². The van der Waals surface area contributed by atoms with Gasteiger partial charge in [-0.25, -0.2) is 0 Å². The maximum atomic E-state index is 5.01. The van der Waals surface area contributed by atoms with Crippen LogP contribution in [-0.4, -0.2) is 51.4 Å². The van der Waals surface area contributed by atoms with Gasteiger partial charge in [0.2, 0.25) is 0 Å². The summed E-state index contributed by atoms with van der Waals surface area (Å²) in [6.07, 6.45) is 0. The van der Waals surface area contributed by atoms with Crippen molar-refractivity contribution >= 4 is 88.6 Å². The molecule has 6 heteroatoms. The number of rotatable bonds is 0. The van der Waals surface area contributed by atoms with Crippen molar-refractivity contribution in [2.75, 3.05) is 0 Å². The summed E-state index contributed by atoms with van der Waals surface area (Å²) in [5.74, 6) is 0. The van der Waals surface area contributed by atoms with Crippen molar-refractivity contribution in [2.45, 2.75) is 0 Å². The van der Waals surface area contributed by atoms with E-state index < -0.39 is 12.3 Å². The monoisotopic (exact) mass is 227 g/mol. The third-order valence-electron chi connectivity index (χ3n) is 0. The zero-order chi connectivity index (χ0) is 4.50. The summed E-state index contributed by atoms with van der Waals surface area (Å²) in [5.41, 5.74) is 0. The molecule has 0 saturated carbocycles. The van der Waals surface area contributed by atoms with Crippen LogP contribution < -0.4 is 0 Å². The molecule has 0 atom stereocenters. The Kier molecular flexibility index (Phi) is 10.8. The van der Waals surface area contributed by atoms with E-state index in [1.54, 1.807) is 0 Å². The first-order chi connectivity index (χ1) is 2.00. The van der Waals surface area contributed by atoms with Gasteiger partial charge in [0.1, 0.15) is 0 Å². The first-order valence-electron chi connectivity index (χ1n) is 0.756. The van der Waals surface area contributed by atoms with Crippen LogP contribution in [0.5, 0.6) is 0 Å². The van der Waals surface area contributed by atoms with E-state index in [2.05, 4.69) is 0 Å². The number of hydrogen-bond donors (Lipinski definition) is 0. The van der Waals surface area contributed by atoms with E-state index in [4.69, 9.17) is 37.2 Å². The molecule has 0 aromatic carbocycles. The van der Waals surface area contributed by atoms with Crippen molar-refractivity contribution in [2.24, 2.45) is 0 Å². The predicted molar refractivity (Wildman–Crippen MR) is 29.2 cm³/mol. The smallest absolute Gasteiger partial charge is 0 e. The molecule has 6 heavy (non-hydrogen) atoms. The van der Waals surface area contributed by atoms with Crippen molar-refractivity contribution in [3.05, 3.63) is 0 Å². The van der Waals surface area contributed by atoms with E-state index >= 15 is 0 Å². The minimum atomic E-state index is -3.11. The molecular weight excluding hydrogens is 229 g/mol. The number of halogens is 4. The van der Waals surface area contributed by atoms with Gasteiger partial charge < -0.3 is 0 Å². The SMILES string of the molecule is [Cl][Ti]([Cl])([Cl])[Cl].[K]. The average molecular weight is 229 g/mol. The maximum Gasteiger partial charge on any atom is 0 e. The normalized spacial score (nSPS) is 10.0. The summed E-state index contributed by atoms with van der Waals surface area (Å²) in [6.45, 7) is 0. The zero-order valence-electron chi connectivity index (χ0n) is 3.01. The standard InChI is InChI=1S/4ClH.K.Ti/h4*1H;;/q;;;;;+4/p-4. The molecule has 0 aromatic rings. The van der Waals surface area contributed by atoms with Gasteiger partial charge in [-0.3, -0.25) is 0 Å². The van der Waals surface area contributed by atoms with Crippen molar-refractivity contribution < 1.29 is 12.3 Å². The topological polar surface area (TPSA) is 0 Å². The van der Waals surface area contributed by atoms with Crippen LogP contribution >= 0.6 is 37.2 Å². The van der Waals surface area contributed by atoms with E-state index in [9.17, 15) is 0 Å². The van der Waals surface area contributed by atoms with Crippen LogP contribution in [0.1, 0.15) is 0 Å². The van der Waals surface area contributed by atoms with Crippen molar-refractivity contribution in [1.29, 1.82) is 0 Å². The minimum absolute atomic E-state index is 0. The van der Waals surface area contributed by atoms with Gasteiger partial charge in [0, 0.05) is 51.4 Å². The molecule has 0 nitrogen and oxygen atoms in total.